The van der Waals surface area contributed by atoms with E-state index in [1.807, 2.05) is 32.5 Å². The van der Waals surface area contributed by atoms with Crippen molar-refractivity contribution in [2.24, 2.45) is 0 Å². The minimum Gasteiger partial charge on any atom is -0.465 e. The number of likely N-dealkylation sites (N-methyl/N-ethyl adjacent to an activating group) is 1. The molecule has 19 heavy (non-hydrogen) atoms. The summed E-state index contributed by atoms with van der Waals surface area (Å²) in [6.07, 6.45) is 2.23. The highest BCUT2D eigenvalue weighted by Gasteiger charge is 2.34. The van der Waals surface area contributed by atoms with E-state index in [9.17, 15) is 4.79 Å². The van der Waals surface area contributed by atoms with Crippen LogP contribution in [0.1, 0.15) is 40.5 Å². The van der Waals surface area contributed by atoms with Crippen LogP contribution in [0.3, 0.4) is 0 Å². The Morgan fingerprint density at radius 2 is 2.26 bits per heavy atom. The molecule has 112 valence electrons. The molecular weight excluding hydrogens is 262 g/mol. The van der Waals surface area contributed by atoms with Crippen molar-refractivity contribution in [2.75, 3.05) is 25.5 Å². The number of hydrogen-bond acceptors (Lipinski definition) is 5. The number of esters is 1. The molecule has 0 aromatic heterocycles. The van der Waals surface area contributed by atoms with Gasteiger partial charge < -0.3 is 14.8 Å². The molecule has 1 rings (SSSR count). The van der Waals surface area contributed by atoms with Crippen LogP contribution in [-0.2, 0) is 14.3 Å². The van der Waals surface area contributed by atoms with Crippen LogP contribution >= 0.6 is 11.8 Å². The monoisotopic (exact) mass is 289 g/mol. The summed E-state index contributed by atoms with van der Waals surface area (Å²) in [4.78, 5) is 12.0. The molecule has 0 aromatic carbocycles. The van der Waals surface area contributed by atoms with Crippen LogP contribution in [0.25, 0.3) is 0 Å². The number of hydrogen-bond donors (Lipinski definition) is 1. The van der Waals surface area contributed by atoms with Gasteiger partial charge in [-0.1, -0.05) is 6.92 Å². The SMILES string of the molecule is CCNC(C)(CCSC1CCOC1C)C(=O)OCC. The van der Waals surface area contributed by atoms with Crippen LogP contribution in [0, 0.1) is 0 Å². The minimum atomic E-state index is -0.569. The summed E-state index contributed by atoms with van der Waals surface area (Å²) < 4.78 is 10.7. The second-order valence-electron chi connectivity index (χ2n) is 5.11. The molecule has 1 aliphatic rings. The van der Waals surface area contributed by atoms with Crippen LogP contribution in [0.4, 0.5) is 0 Å². The first-order valence-corrected chi connectivity index (χ1v) is 8.23. The van der Waals surface area contributed by atoms with Gasteiger partial charge >= 0.3 is 5.97 Å². The fourth-order valence-electron chi connectivity index (χ4n) is 2.29. The average molecular weight is 289 g/mol. The molecule has 3 unspecified atom stereocenters. The Kier molecular flexibility index (Phi) is 7.18. The van der Waals surface area contributed by atoms with Gasteiger partial charge in [0.1, 0.15) is 5.54 Å². The summed E-state index contributed by atoms with van der Waals surface area (Å²) in [6.45, 7) is 9.97. The van der Waals surface area contributed by atoms with Gasteiger partial charge in [-0.2, -0.15) is 11.8 Å². The van der Waals surface area contributed by atoms with Crippen LogP contribution in [-0.4, -0.2) is 48.4 Å². The Balaban J connectivity index is 2.42. The number of nitrogens with one attached hydrogen (secondary N) is 1. The quantitative estimate of drug-likeness (QED) is 0.694. The normalized spacial score (nSPS) is 26.1. The minimum absolute atomic E-state index is 0.145. The highest BCUT2D eigenvalue weighted by atomic mass is 32.2. The Hall–Kier alpha value is -0.260. The molecule has 3 atom stereocenters. The van der Waals surface area contributed by atoms with Gasteiger partial charge in [-0.25, -0.2) is 0 Å². The maximum atomic E-state index is 12.0. The maximum absolute atomic E-state index is 12.0. The van der Waals surface area contributed by atoms with Gasteiger partial charge in [0.25, 0.3) is 0 Å². The predicted octanol–water partition coefficient (Wildman–Crippen LogP) is 2.22. The van der Waals surface area contributed by atoms with E-state index < -0.39 is 5.54 Å². The van der Waals surface area contributed by atoms with Crippen molar-refractivity contribution >= 4 is 17.7 Å². The third-order valence-corrected chi connectivity index (χ3v) is 5.02. The number of rotatable bonds is 8. The molecule has 0 amide bonds. The van der Waals surface area contributed by atoms with Crippen LogP contribution in [0.5, 0.6) is 0 Å². The lowest BCUT2D eigenvalue weighted by Gasteiger charge is -2.28. The summed E-state index contributed by atoms with van der Waals surface area (Å²) in [5.41, 5.74) is -0.569. The van der Waals surface area contributed by atoms with Crippen molar-refractivity contribution in [3.05, 3.63) is 0 Å². The van der Waals surface area contributed by atoms with Crippen molar-refractivity contribution in [1.29, 1.82) is 0 Å². The molecule has 0 radical (unpaired) electrons. The zero-order chi connectivity index (χ0) is 14.3. The molecule has 1 N–H and O–H groups in total. The van der Waals surface area contributed by atoms with Gasteiger partial charge in [-0.15, -0.1) is 0 Å². The molecule has 1 aliphatic heterocycles. The molecule has 4 nitrogen and oxygen atoms in total. The van der Waals surface area contributed by atoms with Crippen LogP contribution in [0.2, 0.25) is 0 Å². The number of thioether (sulfide) groups is 1. The van der Waals surface area contributed by atoms with Crippen molar-refractivity contribution in [3.8, 4) is 0 Å². The van der Waals surface area contributed by atoms with Crippen LogP contribution < -0.4 is 5.32 Å². The molecule has 1 fully saturated rings. The van der Waals surface area contributed by atoms with Gasteiger partial charge in [0, 0.05) is 11.9 Å². The van der Waals surface area contributed by atoms with Gasteiger partial charge in [0.05, 0.1) is 12.7 Å². The van der Waals surface area contributed by atoms with Crippen LogP contribution in [0.15, 0.2) is 0 Å². The lowest BCUT2D eigenvalue weighted by molar-refractivity contribution is -0.150. The molecule has 0 aromatic rings. The van der Waals surface area contributed by atoms with Crippen molar-refractivity contribution in [1.82, 2.24) is 5.32 Å². The average Bonchev–Trinajstić information content (AvgIpc) is 2.76. The summed E-state index contributed by atoms with van der Waals surface area (Å²) in [7, 11) is 0. The standard InChI is InChI=1S/C14H27NO3S/c1-5-15-14(4,13(16)17-6-2)8-10-19-12-7-9-18-11(12)3/h11-12,15H,5-10H2,1-4H3. The number of ether oxygens (including phenoxy) is 2. The van der Waals surface area contributed by atoms with E-state index in [1.54, 1.807) is 0 Å². The zero-order valence-corrected chi connectivity index (χ0v) is 13.3. The number of carbonyl (C=O) groups excluding carboxylic acids is 1. The second-order valence-corrected chi connectivity index (χ2v) is 6.45. The molecule has 0 saturated carbocycles. The summed E-state index contributed by atoms with van der Waals surface area (Å²) in [5.74, 6) is 0.800. The Bertz CT molecular complexity index is 288. The third-order valence-electron chi connectivity index (χ3n) is 3.53. The van der Waals surface area contributed by atoms with E-state index >= 15 is 0 Å². The fraction of sp³-hybridized carbons (Fsp3) is 0.929. The first-order chi connectivity index (χ1) is 9.03. The topological polar surface area (TPSA) is 47.6 Å². The highest BCUT2D eigenvalue weighted by Crippen LogP contribution is 2.28. The van der Waals surface area contributed by atoms with Gasteiger partial charge in [0.15, 0.2) is 0 Å². The third kappa shape index (κ3) is 4.97. The zero-order valence-electron chi connectivity index (χ0n) is 12.5. The molecule has 0 bridgehead atoms. The lowest BCUT2D eigenvalue weighted by atomic mass is 9.99. The Morgan fingerprint density at radius 1 is 1.53 bits per heavy atom. The van der Waals surface area contributed by atoms with Crippen molar-refractivity contribution < 1.29 is 14.3 Å². The predicted molar refractivity (Wildman–Crippen MR) is 79.6 cm³/mol. The first kappa shape index (κ1) is 16.8. The van der Waals surface area contributed by atoms with E-state index in [4.69, 9.17) is 9.47 Å². The highest BCUT2D eigenvalue weighted by molar-refractivity contribution is 7.99. The Morgan fingerprint density at radius 3 is 2.79 bits per heavy atom. The second kappa shape index (κ2) is 8.12. The molecule has 1 heterocycles. The van der Waals surface area contributed by atoms with Crippen molar-refractivity contribution in [3.63, 3.8) is 0 Å². The van der Waals surface area contributed by atoms with E-state index in [2.05, 4.69) is 12.2 Å². The van der Waals surface area contributed by atoms with Crippen molar-refractivity contribution in [2.45, 2.75) is 57.4 Å². The molecular formula is C14H27NO3S. The smallest absolute Gasteiger partial charge is 0.326 e. The van der Waals surface area contributed by atoms with E-state index in [0.717, 1.165) is 31.7 Å². The van der Waals surface area contributed by atoms with Gasteiger partial charge in [0.2, 0.25) is 0 Å². The first-order valence-electron chi connectivity index (χ1n) is 7.19. The van der Waals surface area contributed by atoms with E-state index in [-0.39, 0.29) is 5.97 Å². The molecule has 0 aliphatic carbocycles. The van der Waals surface area contributed by atoms with Gasteiger partial charge in [-0.3, -0.25) is 4.79 Å². The lowest BCUT2D eigenvalue weighted by Crippen LogP contribution is -2.51. The summed E-state index contributed by atoms with van der Waals surface area (Å²) in [5, 5.41) is 3.82. The summed E-state index contributed by atoms with van der Waals surface area (Å²) in [6, 6.07) is 0. The largest absolute Gasteiger partial charge is 0.465 e. The Labute approximate surface area is 121 Å². The van der Waals surface area contributed by atoms with Gasteiger partial charge in [-0.05, 0) is 45.9 Å². The molecule has 0 spiro atoms. The number of carbonyl (C=O) groups is 1. The maximum Gasteiger partial charge on any atom is 0.326 e. The summed E-state index contributed by atoms with van der Waals surface area (Å²) >= 11 is 1.91. The molecule has 1 saturated heterocycles. The van der Waals surface area contributed by atoms with E-state index in [0.29, 0.717) is 18.0 Å². The fourth-order valence-corrected chi connectivity index (χ4v) is 3.73. The van der Waals surface area contributed by atoms with E-state index in [1.165, 1.54) is 0 Å². The molecule has 5 heteroatoms.